The van der Waals surface area contributed by atoms with E-state index in [4.69, 9.17) is 5.26 Å². The molecule has 0 N–H and O–H groups in total. The lowest BCUT2D eigenvalue weighted by Gasteiger charge is -2.34. The average molecular weight is 360 g/mol. The van der Waals surface area contributed by atoms with Gasteiger partial charge < -0.3 is 9.47 Å². The lowest BCUT2D eigenvalue weighted by molar-refractivity contribution is -0.137. The first kappa shape index (κ1) is 18.1. The zero-order valence-corrected chi connectivity index (χ0v) is 14.4. The maximum atomic E-state index is 13.3. The van der Waals surface area contributed by atoms with E-state index in [-0.39, 0.29) is 11.6 Å². The number of rotatable bonds is 4. The fourth-order valence-corrected chi connectivity index (χ4v) is 3.42. The molecule has 0 fully saturated rings. The number of anilines is 1. The number of alkyl halides is 3. The van der Waals surface area contributed by atoms with E-state index >= 15 is 0 Å². The molecule has 1 heterocycles. The fourth-order valence-electron chi connectivity index (χ4n) is 3.42. The second kappa shape index (κ2) is 7.24. The van der Waals surface area contributed by atoms with E-state index in [1.54, 1.807) is 24.7 Å². The third kappa shape index (κ3) is 3.59. The maximum absolute atomic E-state index is 13.3. The molecule has 1 aliphatic carbocycles. The summed E-state index contributed by atoms with van der Waals surface area (Å²) in [6, 6.07) is 5.56. The van der Waals surface area contributed by atoms with E-state index in [1.165, 1.54) is 6.07 Å². The minimum atomic E-state index is -4.55. The van der Waals surface area contributed by atoms with Gasteiger partial charge in [0.15, 0.2) is 0 Å². The van der Waals surface area contributed by atoms with Gasteiger partial charge in [-0.3, -0.25) is 0 Å². The van der Waals surface area contributed by atoms with Gasteiger partial charge in [-0.05, 0) is 50.5 Å². The van der Waals surface area contributed by atoms with Crippen LogP contribution in [0.25, 0.3) is 5.70 Å². The molecule has 0 spiro atoms. The van der Waals surface area contributed by atoms with Crippen molar-refractivity contribution in [3.8, 4) is 6.07 Å². The minimum Gasteiger partial charge on any atom is -0.365 e. The van der Waals surface area contributed by atoms with Crippen molar-refractivity contribution in [2.45, 2.75) is 38.4 Å². The van der Waals surface area contributed by atoms with Crippen molar-refractivity contribution in [1.29, 1.82) is 5.26 Å². The van der Waals surface area contributed by atoms with Crippen LogP contribution < -0.4 is 4.90 Å². The highest BCUT2D eigenvalue weighted by Crippen LogP contribution is 2.36. The van der Waals surface area contributed by atoms with Gasteiger partial charge in [-0.2, -0.15) is 18.4 Å². The SMILES string of the molecule is CCN(c1ccc(C#N)c(C(F)(F)F)c1)C1C=C(n2ccnc2)CCC1. The monoisotopic (exact) mass is 360 g/mol. The average Bonchev–Trinajstić information content (AvgIpc) is 3.16. The third-order valence-corrected chi connectivity index (χ3v) is 4.66. The van der Waals surface area contributed by atoms with E-state index in [2.05, 4.69) is 11.1 Å². The lowest BCUT2D eigenvalue weighted by atomic mass is 9.97. The molecule has 26 heavy (non-hydrogen) atoms. The predicted octanol–water partition coefficient (Wildman–Crippen LogP) is 4.69. The molecule has 4 nitrogen and oxygen atoms in total. The standard InChI is InChI=1S/C19H19F3N4/c1-2-26(16-5-3-4-15(10-16)25-9-8-24-13-25)17-7-6-14(12-23)18(11-17)19(20,21)22/h6-11,13,16H,2-5H2,1H3. The van der Waals surface area contributed by atoms with Crippen molar-refractivity contribution in [2.75, 3.05) is 11.4 Å². The molecular formula is C19H19F3N4. The van der Waals surface area contributed by atoms with Crippen LogP contribution in [0.4, 0.5) is 18.9 Å². The number of halogens is 3. The second-order valence-corrected chi connectivity index (χ2v) is 6.21. The summed E-state index contributed by atoms with van der Waals surface area (Å²) in [4.78, 5) is 6.01. The number of likely N-dealkylation sites (N-methyl/N-ethyl adjacent to an activating group) is 1. The molecule has 3 rings (SSSR count). The van der Waals surface area contributed by atoms with E-state index in [1.807, 2.05) is 22.6 Å². The largest absolute Gasteiger partial charge is 0.417 e. The molecular weight excluding hydrogens is 341 g/mol. The number of aromatic nitrogens is 2. The quantitative estimate of drug-likeness (QED) is 0.794. The Labute approximate surface area is 150 Å². The molecule has 0 amide bonds. The Morgan fingerprint density at radius 3 is 2.81 bits per heavy atom. The van der Waals surface area contributed by atoms with Crippen LogP contribution in [0.2, 0.25) is 0 Å². The summed E-state index contributed by atoms with van der Waals surface area (Å²) >= 11 is 0. The number of benzene rings is 1. The fraction of sp³-hybridized carbons (Fsp3) is 0.368. The van der Waals surface area contributed by atoms with Gasteiger partial charge in [0.05, 0.1) is 23.5 Å². The molecule has 1 aromatic heterocycles. The Morgan fingerprint density at radius 1 is 1.38 bits per heavy atom. The summed E-state index contributed by atoms with van der Waals surface area (Å²) in [5, 5.41) is 8.98. The van der Waals surface area contributed by atoms with Crippen LogP contribution in [-0.4, -0.2) is 22.1 Å². The summed E-state index contributed by atoms with van der Waals surface area (Å²) < 4.78 is 41.8. The first-order valence-electron chi connectivity index (χ1n) is 8.51. The van der Waals surface area contributed by atoms with E-state index < -0.39 is 11.7 Å². The first-order valence-corrected chi connectivity index (χ1v) is 8.51. The van der Waals surface area contributed by atoms with Crippen molar-refractivity contribution in [1.82, 2.24) is 9.55 Å². The molecule has 1 aromatic carbocycles. The number of nitrogens with zero attached hydrogens (tertiary/aromatic N) is 4. The highest BCUT2D eigenvalue weighted by atomic mass is 19.4. The topological polar surface area (TPSA) is 44.9 Å². The van der Waals surface area contributed by atoms with Crippen LogP contribution in [0.15, 0.2) is 43.0 Å². The van der Waals surface area contributed by atoms with Crippen LogP contribution in [0, 0.1) is 11.3 Å². The van der Waals surface area contributed by atoms with Gasteiger partial charge in [0, 0.05) is 36.4 Å². The van der Waals surface area contributed by atoms with E-state index in [0.717, 1.165) is 31.0 Å². The van der Waals surface area contributed by atoms with Crippen molar-refractivity contribution >= 4 is 11.4 Å². The van der Waals surface area contributed by atoms with Crippen molar-refractivity contribution in [3.63, 3.8) is 0 Å². The van der Waals surface area contributed by atoms with Crippen LogP contribution >= 0.6 is 0 Å². The van der Waals surface area contributed by atoms with Crippen LogP contribution in [-0.2, 0) is 6.18 Å². The van der Waals surface area contributed by atoms with Crippen molar-refractivity contribution in [3.05, 3.63) is 54.1 Å². The van der Waals surface area contributed by atoms with E-state index in [9.17, 15) is 13.2 Å². The molecule has 2 aromatic rings. The molecule has 1 atom stereocenters. The first-order chi connectivity index (χ1) is 12.4. The number of nitriles is 1. The summed E-state index contributed by atoms with van der Waals surface area (Å²) in [6.45, 7) is 2.49. The summed E-state index contributed by atoms with van der Waals surface area (Å²) in [5.74, 6) is 0. The lowest BCUT2D eigenvalue weighted by Crippen LogP contribution is -2.35. The molecule has 1 unspecified atom stereocenters. The Balaban J connectivity index is 1.96. The molecule has 0 saturated heterocycles. The molecule has 7 heteroatoms. The van der Waals surface area contributed by atoms with Crippen LogP contribution in [0.1, 0.15) is 37.3 Å². The van der Waals surface area contributed by atoms with Gasteiger partial charge in [0.2, 0.25) is 0 Å². The van der Waals surface area contributed by atoms with Gasteiger partial charge in [-0.25, -0.2) is 4.98 Å². The van der Waals surface area contributed by atoms with Gasteiger partial charge in [-0.15, -0.1) is 0 Å². The van der Waals surface area contributed by atoms with E-state index in [0.29, 0.717) is 12.2 Å². The zero-order chi connectivity index (χ0) is 18.7. The van der Waals surface area contributed by atoms with Gasteiger partial charge in [0.1, 0.15) is 0 Å². The number of hydrogen-bond donors (Lipinski definition) is 0. The summed E-state index contributed by atoms with van der Waals surface area (Å²) in [7, 11) is 0. The number of imidazole rings is 1. The Morgan fingerprint density at radius 2 is 2.19 bits per heavy atom. The van der Waals surface area contributed by atoms with Crippen LogP contribution in [0.3, 0.4) is 0 Å². The Hall–Kier alpha value is -2.75. The molecule has 0 saturated carbocycles. The Bertz CT molecular complexity index is 831. The van der Waals surface area contributed by atoms with Gasteiger partial charge in [-0.1, -0.05) is 0 Å². The summed E-state index contributed by atoms with van der Waals surface area (Å²) in [6.07, 6.45) is 5.58. The van der Waals surface area contributed by atoms with Crippen LogP contribution in [0.5, 0.6) is 0 Å². The highest BCUT2D eigenvalue weighted by Gasteiger charge is 2.34. The van der Waals surface area contributed by atoms with Crippen molar-refractivity contribution < 1.29 is 13.2 Å². The molecule has 0 radical (unpaired) electrons. The van der Waals surface area contributed by atoms with Gasteiger partial charge in [0.25, 0.3) is 0 Å². The Kier molecular flexibility index (Phi) is 5.03. The molecule has 0 aliphatic heterocycles. The maximum Gasteiger partial charge on any atom is 0.417 e. The molecule has 1 aliphatic rings. The van der Waals surface area contributed by atoms with Crippen molar-refractivity contribution in [2.24, 2.45) is 0 Å². The zero-order valence-electron chi connectivity index (χ0n) is 14.4. The number of allylic oxidation sites excluding steroid dienone is 1. The predicted molar refractivity (Wildman–Crippen MR) is 93.3 cm³/mol. The summed E-state index contributed by atoms with van der Waals surface area (Å²) in [5.41, 5.74) is 0.343. The smallest absolute Gasteiger partial charge is 0.365 e. The third-order valence-electron chi connectivity index (χ3n) is 4.66. The second-order valence-electron chi connectivity index (χ2n) is 6.21. The molecule has 136 valence electrons. The normalized spacial score (nSPS) is 17.5. The molecule has 0 bridgehead atoms. The number of hydrogen-bond acceptors (Lipinski definition) is 3. The highest BCUT2D eigenvalue weighted by molar-refractivity contribution is 5.58. The minimum absolute atomic E-state index is 0.000157. The van der Waals surface area contributed by atoms with Gasteiger partial charge >= 0.3 is 6.18 Å².